The Morgan fingerprint density at radius 2 is 1.88 bits per heavy atom. The summed E-state index contributed by atoms with van der Waals surface area (Å²) < 4.78 is 6.52. The maximum atomic E-state index is 5.38. The summed E-state index contributed by atoms with van der Waals surface area (Å²) in [5.41, 5.74) is 1.37. The van der Waals surface area contributed by atoms with Crippen LogP contribution in [0.2, 0.25) is 0 Å². The van der Waals surface area contributed by atoms with Gasteiger partial charge in [0.15, 0.2) is 5.96 Å². The van der Waals surface area contributed by atoms with Crippen molar-refractivity contribution < 1.29 is 4.74 Å². The Morgan fingerprint density at radius 1 is 1.19 bits per heavy atom. The minimum atomic E-state index is 0.443. The third kappa shape index (κ3) is 6.56. The van der Waals surface area contributed by atoms with Crippen LogP contribution in [-0.2, 0) is 4.74 Å². The molecule has 1 atom stereocenters. The lowest BCUT2D eigenvalue weighted by Crippen LogP contribution is -2.52. The number of unbranched alkanes of at least 4 members (excludes halogenated alkanes) is 1. The SMILES string of the molecule is CCOCCCCNC(=NC)N1CCN(C(C)c2ccc(Br)cc2)CC1. The van der Waals surface area contributed by atoms with Crippen LogP contribution in [0.25, 0.3) is 0 Å². The molecule has 1 aromatic rings. The molecule has 5 nitrogen and oxygen atoms in total. The lowest BCUT2D eigenvalue weighted by molar-refractivity contribution is 0.137. The first-order valence-electron chi connectivity index (χ1n) is 9.68. The molecule has 6 heteroatoms. The largest absolute Gasteiger partial charge is 0.382 e. The van der Waals surface area contributed by atoms with Crippen molar-refractivity contribution in [1.29, 1.82) is 0 Å². The van der Waals surface area contributed by atoms with E-state index in [-0.39, 0.29) is 0 Å². The van der Waals surface area contributed by atoms with Crippen LogP contribution in [0.15, 0.2) is 33.7 Å². The molecular formula is C20H33BrN4O. The third-order valence-electron chi connectivity index (χ3n) is 4.93. The van der Waals surface area contributed by atoms with Crippen molar-refractivity contribution in [3.8, 4) is 0 Å². The molecule has 1 unspecified atom stereocenters. The molecule has 0 radical (unpaired) electrons. The van der Waals surface area contributed by atoms with E-state index in [0.717, 1.165) is 69.2 Å². The van der Waals surface area contributed by atoms with Crippen LogP contribution in [0, 0.1) is 0 Å². The zero-order valence-corrected chi connectivity index (χ0v) is 18.0. The van der Waals surface area contributed by atoms with Gasteiger partial charge in [-0.2, -0.15) is 0 Å². The highest BCUT2D eigenvalue weighted by Gasteiger charge is 2.23. The van der Waals surface area contributed by atoms with E-state index in [1.165, 1.54) is 5.56 Å². The van der Waals surface area contributed by atoms with Gasteiger partial charge in [0.1, 0.15) is 0 Å². The fraction of sp³-hybridized carbons (Fsp3) is 0.650. The number of hydrogen-bond donors (Lipinski definition) is 1. The highest BCUT2D eigenvalue weighted by molar-refractivity contribution is 9.10. The first-order chi connectivity index (χ1) is 12.7. The Morgan fingerprint density at radius 3 is 2.50 bits per heavy atom. The molecule has 1 aliphatic heterocycles. The van der Waals surface area contributed by atoms with Gasteiger partial charge in [-0.15, -0.1) is 0 Å². The standard InChI is InChI=1S/C20H33BrN4O/c1-4-26-16-6-5-11-23-20(22-3)25-14-12-24(13-15-25)17(2)18-7-9-19(21)10-8-18/h7-10,17H,4-6,11-16H2,1-3H3,(H,22,23). The maximum absolute atomic E-state index is 5.38. The van der Waals surface area contributed by atoms with Gasteiger partial charge in [0, 0.05) is 63.5 Å². The monoisotopic (exact) mass is 424 g/mol. The van der Waals surface area contributed by atoms with Gasteiger partial charge < -0.3 is 15.0 Å². The number of nitrogens with one attached hydrogen (secondary N) is 1. The molecule has 0 saturated carbocycles. The van der Waals surface area contributed by atoms with E-state index in [0.29, 0.717) is 6.04 Å². The second-order valence-electron chi connectivity index (χ2n) is 6.63. The Bertz CT molecular complexity index is 541. The van der Waals surface area contributed by atoms with Gasteiger partial charge in [0.05, 0.1) is 0 Å². The molecule has 1 N–H and O–H groups in total. The molecular weight excluding hydrogens is 392 g/mol. The Balaban J connectivity index is 1.74. The Hall–Kier alpha value is -1.11. The zero-order valence-electron chi connectivity index (χ0n) is 16.4. The highest BCUT2D eigenvalue weighted by Crippen LogP contribution is 2.23. The zero-order chi connectivity index (χ0) is 18.8. The number of aliphatic imine (C=N–C) groups is 1. The van der Waals surface area contributed by atoms with E-state index in [2.05, 4.69) is 67.2 Å². The second-order valence-corrected chi connectivity index (χ2v) is 7.54. The van der Waals surface area contributed by atoms with Crippen LogP contribution in [0.4, 0.5) is 0 Å². The average Bonchev–Trinajstić information content (AvgIpc) is 2.68. The summed E-state index contributed by atoms with van der Waals surface area (Å²) in [6.45, 7) is 11.1. The van der Waals surface area contributed by atoms with Gasteiger partial charge in [-0.05, 0) is 44.4 Å². The van der Waals surface area contributed by atoms with E-state index < -0.39 is 0 Å². The smallest absolute Gasteiger partial charge is 0.193 e. The molecule has 0 bridgehead atoms. The number of guanidine groups is 1. The molecule has 0 aromatic heterocycles. The number of nitrogens with zero attached hydrogens (tertiary/aromatic N) is 3. The Kier molecular flexibility index (Phi) is 9.43. The maximum Gasteiger partial charge on any atom is 0.193 e. The number of benzene rings is 1. The average molecular weight is 425 g/mol. The normalized spacial score (nSPS) is 17.4. The highest BCUT2D eigenvalue weighted by atomic mass is 79.9. The van der Waals surface area contributed by atoms with Crippen LogP contribution in [0.3, 0.4) is 0 Å². The number of hydrogen-bond acceptors (Lipinski definition) is 3. The first kappa shape index (κ1) is 21.2. The molecule has 0 aliphatic carbocycles. The predicted octanol–water partition coefficient (Wildman–Crippen LogP) is 3.52. The minimum absolute atomic E-state index is 0.443. The molecule has 2 rings (SSSR count). The topological polar surface area (TPSA) is 40.1 Å². The van der Waals surface area contributed by atoms with Crippen molar-refractivity contribution in [2.75, 3.05) is 53.0 Å². The minimum Gasteiger partial charge on any atom is -0.382 e. The molecule has 1 aliphatic rings. The van der Waals surface area contributed by atoms with E-state index >= 15 is 0 Å². The van der Waals surface area contributed by atoms with Gasteiger partial charge in [-0.1, -0.05) is 28.1 Å². The lowest BCUT2D eigenvalue weighted by Gasteiger charge is -2.39. The van der Waals surface area contributed by atoms with Crippen molar-refractivity contribution in [1.82, 2.24) is 15.1 Å². The molecule has 0 amide bonds. The number of halogens is 1. The third-order valence-corrected chi connectivity index (χ3v) is 5.46. The van der Waals surface area contributed by atoms with Crippen LogP contribution >= 0.6 is 15.9 Å². The van der Waals surface area contributed by atoms with Crippen molar-refractivity contribution in [3.05, 3.63) is 34.3 Å². The van der Waals surface area contributed by atoms with Crippen LogP contribution in [0.1, 0.15) is 38.3 Å². The molecule has 0 spiro atoms. The fourth-order valence-corrected chi connectivity index (χ4v) is 3.54. The second kappa shape index (κ2) is 11.6. The lowest BCUT2D eigenvalue weighted by atomic mass is 10.1. The van der Waals surface area contributed by atoms with E-state index in [1.807, 2.05) is 14.0 Å². The first-order valence-corrected chi connectivity index (χ1v) is 10.5. The van der Waals surface area contributed by atoms with Crippen molar-refractivity contribution in [2.24, 2.45) is 4.99 Å². The molecule has 1 fully saturated rings. The summed E-state index contributed by atoms with van der Waals surface area (Å²) in [5.74, 6) is 1.03. The number of ether oxygens (including phenoxy) is 1. The predicted molar refractivity (Wildman–Crippen MR) is 113 cm³/mol. The van der Waals surface area contributed by atoms with Crippen LogP contribution < -0.4 is 5.32 Å². The fourth-order valence-electron chi connectivity index (χ4n) is 3.28. The summed E-state index contributed by atoms with van der Waals surface area (Å²) in [4.78, 5) is 9.38. The van der Waals surface area contributed by atoms with E-state index in [4.69, 9.17) is 4.74 Å². The summed E-state index contributed by atoms with van der Waals surface area (Å²) in [6.07, 6.45) is 2.20. The number of rotatable bonds is 8. The Labute approximate surface area is 166 Å². The summed E-state index contributed by atoms with van der Waals surface area (Å²) >= 11 is 3.51. The summed E-state index contributed by atoms with van der Waals surface area (Å²) in [6, 6.07) is 9.12. The van der Waals surface area contributed by atoms with E-state index in [9.17, 15) is 0 Å². The summed E-state index contributed by atoms with van der Waals surface area (Å²) in [5, 5.41) is 3.49. The van der Waals surface area contributed by atoms with E-state index in [1.54, 1.807) is 0 Å². The molecule has 1 heterocycles. The summed E-state index contributed by atoms with van der Waals surface area (Å²) in [7, 11) is 1.87. The molecule has 146 valence electrons. The molecule has 26 heavy (non-hydrogen) atoms. The van der Waals surface area contributed by atoms with Crippen molar-refractivity contribution >= 4 is 21.9 Å². The van der Waals surface area contributed by atoms with Gasteiger partial charge in [-0.25, -0.2) is 0 Å². The molecule has 1 aromatic carbocycles. The van der Waals surface area contributed by atoms with Gasteiger partial charge >= 0.3 is 0 Å². The van der Waals surface area contributed by atoms with Crippen LogP contribution in [0.5, 0.6) is 0 Å². The van der Waals surface area contributed by atoms with Crippen molar-refractivity contribution in [3.63, 3.8) is 0 Å². The van der Waals surface area contributed by atoms with Gasteiger partial charge in [-0.3, -0.25) is 9.89 Å². The molecule has 1 saturated heterocycles. The number of piperazine rings is 1. The quantitative estimate of drug-likeness (QED) is 0.393. The van der Waals surface area contributed by atoms with Gasteiger partial charge in [0.25, 0.3) is 0 Å². The van der Waals surface area contributed by atoms with Crippen LogP contribution in [-0.4, -0.2) is 68.7 Å². The van der Waals surface area contributed by atoms with Crippen molar-refractivity contribution in [2.45, 2.75) is 32.7 Å². The van der Waals surface area contributed by atoms with Gasteiger partial charge in [0.2, 0.25) is 0 Å².